The lowest BCUT2D eigenvalue weighted by Crippen LogP contribution is -1.59. The molecule has 0 aliphatic heterocycles. The van der Waals surface area contributed by atoms with Crippen molar-refractivity contribution in [1.82, 2.24) is 4.98 Å². The molecule has 2 aromatic heterocycles. The second-order valence-electron chi connectivity index (χ2n) is 1.95. The largest absolute Gasteiger partial charge is 0.427 e. The molecule has 0 aliphatic carbocycles. The smallest absolute Gasteiger partial charge is 0.292 e. The Hall–Kier alpha value is -0.800. The van der Waals surface area contributed by atoms with Crippen molar-refractivity contribution in [1.29, 1.82) is 0 Å². The van der Waals surface area contributed by atoms with E-state index in [9.17, 15) is 0 Å². The van der Waals surface area contributed by atoms with Crippen LogP contribution in [0.3, 0.4) is 0 Å². The molecule has 2 heterocycles. The molecule has 2 rings (SSSR count). The maximum atomic E-state index is 5.50. The first-order valence-corrected chi connectivity index (χ1v) is 4.27. The van der Waals surface area contributed by atoms with Crippen molar-refractivity contribution in [3.63, 3.8) is 0 Å². The molecule has 56 valence electrons. The van der Waals surface area contributed by atoms with Crippen molar-refractivity contribution in [3.05, 3.63) is 29.1 Å². The topological polar surface area (TPSA) is 26.0 Å². The Bertz CT molecular complexity index is 341. The summed E-state index contributed by atoms with van der Waals surface area (Å²) in [5.74, 6) is 0.727. The number of thiophene rings is 1. The lowest BCUT2D eigenvalue weighted by molar-refractivity contribution is 0.575. The zero-order valence-corrected chi connectivity index (χ0v) is 7.02. The van der Waals surface area contributed by atoms with Gasteiger partial charge in [0, 0.05) is 0 Å². The van der Waals surface area contributed by atoms with Crippen LogP contribution in [-0.2, 0) is 0 Å². The van der Waals surface area contributed by atoms with Gasteiger partial charge in [0.05, 0.1) is 11.1 Å². The van der Waals surface area contributed by atoms with Gasteiger partial charge in [-0.2, -0.15) is 0 Å². The fraction of sp³-hybridized carbons (Fsp3) is 0. The van der Waals surface area contributed by atoms with Crippen LogP contribution in [0.5, 0.6) is 0 Å². The van der Waals surface area contributed by atoms with Gasteiger partial charge in [-0.15, -0.1) is 11.3 Å². The molecule has 0 N–H and O–H groups in total. The van der Waals surface area contributed by atoms with Crippen LogP contribution in [-0.4, -0.2) is 4.98 Å². The van der Waals surface area contributed by atoms with Crippen molar-refractivity contribution in [3.8, 4) is 10.6 Å². The maximum Gasteiger partial charge on any atom is 0.292 e. The molecule has 0 saturated carbocycles. The van der Waals surface area contributed by atoms with Gasteiger partial charge in [-0.3, -0.25) is 0 Å². The van der Waals surface area contributed by atoms with Crippen LogP contribution in [0.1, 0.15) is 0 Å². The molecule has 4 heteroatoms. The van der Waals surface area contributed by atoms with Crippen LogP contribution in [0, 0.1) is 0 Å². The highest BCUT2D eigenvalue weighted by Gasteiger charge is 2.03. The average Bonchev–Trinajstić information content (AvgIpc) is 2.55. The number of halogens is 1. The van der Waals surface area contributed by atoms with Crippen molar-refractivity contribution in [2.45, 2.75) is 0 Å². The summed E-state index contributed by atoms with van der Waals surface area (Å²) in [5, 5.41) is 2.17. The van der Waals surface area contributed by atoms with Crippen LogP contribution in [0.25, 0.3) is 10.6 Å². The fourth-order valence-electron chi connectivity index (χ4n) is 0.785. The molecule has 0 unspecified atom stereocenters. The summed E-state index contributed by atoms with van der Waals surface area (Å²) in [7, 11) is 0. The normalized spacial score (nSPS) is 10.3. The van der Waals surface area contributed by atoms with E-state index in [4.69, 9.17) is 16.0 Å². The van der Waals surface area contributed by atoms with Crippen LogP contribution in [0.15, 0.2) is 28.1 Å². The summed E-state index contributed by atoms with van der Waals surface area (Å²) < 4.78 is 5.09. The van der Waals surface area contributed by atoms with Crippen LogP contribution in [0.4, 0.5) is 0 Å². The van der Waals surface area contributed by atoms with E-state index in [1.165, 1.54) is 0 Å². The van der Waals surface area contributed by atoms with Crippen molar-refractivity contribution >= 4 is 22.9 Å². The lowest BCUT2D eigenvalue weighted by Gasteiger charge is -1.84. The molecule has 0 atom stereocenters. The van der Waals surface area contributed by atoms with Gasteiger partial charge in [0.2, 0.25) is 0 Å². The zero-order valence-electron chi connectivity index (χ0n) is 5.45. The van der Waals surface area contributed by atoms with Gasteiger partial charge in [0.1, 0.15) is 0 Å². The Morgan fingerprint density at radius 2 is 2.45 bits per heavy atom. The zero-order chi connectivity index (χ0) is 7.68. The first kappa shape index (κ1) is 6.88. The molecule has 2 nitrogen and oxygen atoms in total. The molecule has 0 aromatic carbocycles. The SMILES string of the molecule is Clc1ncc(-c2cccs2)o1. The monoisotopic (exact) mass is 185 g/mol. The van der Waals surface area contributed by atoms with Crippen LogP contribution >= 0.6 is 22.9 Å². The molecule has 0 bridgehead atoms. The Kier molecular flexibility index (Phi) is 1.68. The van der Waals surface area contributed by atoms with Gasteiger partial charge in [-0.05, 0) is 23.0 Å². The van der Waals surface area contributed by atoms with E-state index in [-0.39, 0.29) is 5.35 Å². The molecule has 0 amide bonds. The lowest BCUT2D eigenvalue weighted by atomic mass is 10.4. The predicted octanol–water partition coefficient (Wildman–Crippen LogP) is 3.06. The Balaban J connectivity index is 2.45. The van der Waals surface area contributed by atoms with Gasteiger partial charge in [-0.1, -0.05) is 6.07 Å². The van der Waals surface area contributed by atoms with Crippen LogP contribution in [0.2, 0.25) is 5.35 Å². The minimum atomic E-state index is 0.188. The highest BCUT2D eigenvalue weighted by molar-refractivity contribution is 7.13. The number of hydrogen-bond acceptors (Lipinski definition) is 3. The quantitative estimate of drug-likeness (QED) is 0.683. The third kappa shape index (κ3) is 1.29. The van der Waals surface area contributed by atoms with Gasteiger partial charge in [0.15, 0.2) is 5.76 Å². The molecule has 0 radical (unpaired) electrons. The minimum absolute atomic E-state index is 0.188. The molecular weight excluding hydrogens is 182 g/mol. The van der Waals surface area contributed by atoms with Crippen LogP contribution < -0.4 is 0 Å². The summed E-state index contributed by atoms with van der Waals surface area (Å²) in [6, 6.07) is 3.91. The molecule has 0 spiro atoms. The number of aromatic nitrogens is 1. The molecular formula is C7H4ClNOS. The van der Waals surface area contributed by atoms with E-state index in [0.717, 1.165) is 10.6 Å². The molecule has 0 aliphatic rings. The van der Waals surface area contributed by atoms with E-state index >= 15 is 0 Å². The van der Waals surface area contributed by atoms with Gasteiger partial charge in [-0.25, -0.2) is 4.98 Å². The van der Waals surface area contributed by atoms with Crippen molar-refractivity contribution < 1.29 is 4.42 Å². The standard InChI is InChI=1S/C7H4ClNOS/c8-7-9-4-5(10-7)6-2-1-3-11-6/h1-4H. The average molecular weight is 186 g/mol. The first-order chi connectivity index (χ1) is 5.36. The Morgan fingerprint density at radius 1 is 1.55 bits per heavy atom. The number of rotatable bonds is 1. The van der Waals surface area contributed by atoms with Crippen molar-refractivity contribution in [2.75, 3.05) is 0 Å². The molecule has 11 heavy (non-hydrogen) atoms. The molecule has 0 saturated heterocycles. The summed E-state index contributed by atoms with van der Waals surface area (Å²) in [5.41, 5.74) is 0. The molecule has 0 fully saturated rings. The number of nitrogens with zero attached hydrogens (tertiary/aromatic N) is 1. The minimum Gasteiger partial charge on any atom is -0.427 e. The highest BCUT2D eigenvalue weighted by Crippen LogP contribution is 2.26. The fourth-order valence-corrected chi connectivity index (χ4v) is 1.59. The van der Waals surface area contributed by atoms with E-state index in [2.05, 4.69) is 4.98 Å². The Labute approximate surface area is 72.4 Å². The summed E-state index contributed by atoms with van der Waals surface area (Å²) >= 11 is 7.10. The number of hydrogen-bond donors (Lipinski definition) is 0. The highest BCUT2D eigenvalue weighted by atomic mass is 35.5. The molecule has 2 aromatic rings. The Morgan fingerprint density at radius 3 is 3.00 bits per heavy atom. The van der Waals surface area contributed by atoms with E-state index < -0.39 is 0 Å². The van der Waals surface area contributed by atoms with Gasteiger partial charge in [0.25, 0.3) is 5.35 Å². The van der Waals surface area contributed by atoms with E-state index in [0.29, 0.717) is 0 Å². The second kappa shape index (κ2) is 2.68. The first-order valence-electron chi connectivity index (χ1n) is 3.01. The summed E-state index contributed by atoms with van der Waals surface area (Å²) in [4.78, 5) is 4.82. The third-order valence-electron chi connectivity index (χ3n) is 1.24. The third-order valence-corrected chi connectivity index (χ3v) is 2.30. The summed E-state index contributed by atoms with van der Waals surface area (Å²) in [6.07, 6.45) is 1.62. The van der Waals surface area contributed by atoms with E-state index in [1.54, 1.807) is 17.5 Å². The van der Waals surface area contributed by atoms with E-state index in [1.807, 2.05) is 17.5 Å². The maximum absolute atomic E-state index is 5.50. The van der Waals surface area contributed by atoms with Gasteiger partial charge >= 0.3 is 0 Å². The van der Waals surface area contributed by atoms with Crippen molar-refractivity contribution in [2.24, 2.45) is 0 Å². The van der Waals surface area contributed by atoms with Gasteiger partial charge < -0.3 is 4.42 Å². The summed E-state index contributed by atoms with van der Waals surface area (Å²) in [6.45, 7) is 0. The second-order valence-corrected chi connectivity index (χ2v) is 3.23. The predicted molar refractivity (Wildman–Crippen MR) is 44.8 cm³/mol. The number of oxazole rings is 1.